The Morgan fingerprint density at radius 2 is 2.00 bits per heavy atom. The van der Waals surface area contributed by atoms with Crippen LogP contribution in [0.2, 0.25) is 5.02 Å². The van der Waals surface area contributed by atoms with Crippen molar-refractivity contribution >= 4 is 23.4 Å². The minimum Gasteiger partial charge on any atom is -0.394 e. The first kappa shape index (κ1) is 17.8. The molecule has 0 saturated carbocycles. The molecule has 1 aromatic carbocycles. The van der Waals surface area contributed by atoms with E-state index in [2.05, 4.69) is 0 Å². The van der Waals surface area contributed by atoms with E-state index >= 15 is 0 Å². The molecule has 1 saturated heterocycles. The Labute approximate surface area is 141 Å². The first-order chi connectivity index (χ1) is 10.9. The minimum absolute atomic E-state index is 0.0813. The van der Waals surface area contributed by atoms with Crippen molar-refractivity contribution in [3.05, 3.63) is 34.9 Å². The monoisotopic (exact) mass is 338 g/mol. The molecule has 2 amide bonds. The van der Waals surface area contributed by atoms with Gasteiger partial charge in [0.25, 0.3) is 0 Å². The third-order valence-electron chi connectivity index (χ3n) is 4.51. The number of nitrogens with zero attached hydrogens (tertiary/aromatic N) is 2. The number of aliphatic hydroxyl groups is 1. The summed E-state index contributed by atoms with van der Waals surface area (Å²) in [5.41, 5.74) is 0.232. The van der Waals surface area contributed by atoms with Crippen LogP contribution in [-0.2, 0) is 16.1 Å². The lowest BCUT2D eigenvalue weighted by Crippen LogP contribution is -2.52. The lowest BCUT2D eigenvalue weighted by molar-refractivity contribution is -0.140. The Bertz CT molecular complexity index is 576. The van der Waals surface area contributed by atoms with E-state index in [-0.39, 0.29) is 24.8 Å². The van der Waals surface area contributed by atoms with E-state index in [1.165, 1.54) is 6.92 Å². The number of rotatable bonds is 5. The first-order valence-electron chi connectivity index (χ1n) is 7.75. The standard InChI is InChI=1S/C17H23ClN2O3/c1-13(22)20-9-3-8-17(20,12-21)10-16(23)19(2)11-14-4-6-15(18)7-5-14/h4-7,21H,3,8-12H2,1-2H3/t17-/m1/s1. The van der Waals surface area contributed by atoms with Gasteiger partial charge in [0, 0.05) is 32.1 Å². The van der Waals surface area contributed by atoms with Crippen LogP contribution in [0.3, 0.4) is 0 Å². The van der Waals surface area contributed by atoms with Crippen molar-refractivity contribution in [2.45, 2.75) is 38.3 Å². The van der Waals surface area contributed by atoms with E-state index in [4.69, 9.17) is 11.6 Å². The second-order valence-corrected chi connectivity index (χ2v) is 6.65. The largest absolute Gasteiger partial charge is 0.394 e. The highest BCUT2D eigenvalue weighted by molar-refractivity contribution is 6.30. The lowest BCUT2D eigenvalue weighted by atomic mass is 9.92. The minimum atomic E-state index is -0.753. The van der Waals surface area contributed by atoms with Crippen LogP contribution in [0.4, 0.5) is 0 Å². The van der Waals surface area contributed by atoms with E-state index in [9.17, 15) is 14.7 Å². The zero-order valence-electron chi connectivity index (χ0n) is 13.6. The molecule has 0 aliphatic carbocycles. The molecular weight excluding hydrogens is 316 g/mol. The highest BCUT2D eigenvalue weighted by atomic mass is 35.5. The fourth-order valence-electron chi connectivity index (χ4n) is 3.20. The van der Waals surface area contributed by atoms with Gasteiger partial charge in [-0.2, -0.15) is 0 Å². The summed E-state index contributed by atoms with van der Waals surface area (Å²) in [6.45, 7) is 2.37. The van der Waals surface area contributed by atoms with Crippen LogP contribution in [-0.4, -0.2) is 52.5 Å². The van der Waals surface area contributed by atoms with Crippen LogP contribution in [0.15, 0.2) is 24.3 Å². The summed E-state index contributed by atoms with van der Waals surface area (Å²) in [4.78, 5) is 27.6. The van der Waals surface area contributed by atoms with E-state index in [1.54, 1.807) is 29.0 Å². The van der Waals surface area contributed by atoms with Crippen LogP contribution >= 0.6 is 11.6 Å². The van der Waals surface area contributed by atoms with Crippen LogP contribution in [0.5, 0.6) is 0 Å². The predicted octanol–water partition coefficient (Wildman–Crippen LogP) is 2.06. The molecule has 1 N–H and O–H groups in total. The summed E-state index contributed by atoms with van der Waals surface area (Å²) in [5, 5.41) is 10.5. The Kier molecular flexibility index (Phi) is 5.65. The van der Waals surface area contributed by atoms with Crippen molar-refractivity contribution in [3.63, 3.8) is 0 Å². The van der Waals surface area contributed by atoms with Crippen molar-refractivity contribution in [1.29, 1.82) is 0 Å². The van der Waals surface area contributed by atoms with Crippen molar-refractivity contribution in [2.24, 2.45) is 0 Å². The van der Waals surface area contributed by atoms with Gasteiger partial charge in [-0.15, -0.1) is 0 Å². The van der Waals surface area contributed by atoms with Gasteiger partial charge in [0.1, 0.15) is 0 Å². The van der Waals surface area contributed by atoms with Gasteiger partial charge in [-0.05, 0) is 30.5 Å². The van der Waals surface area contributed by atoms with Gasteiger partial charge in [0.2, 0.25) is 11.8 Å². The summed E-state index contributed by atoms with van der Waals surface area (Å²) in [6.07, 6.45) is 1.62. The topological polar surface area (TPSA) is 60.9 Å². The van der Waals surface area contributed by atoms with E-state index in [0.29, 0.717) is 24.5 Å². The molecule has 5 nitrogen and oxygen atoms in total. The molecule has 0 bridgehead atoms. The van der Waals surface area contributed by atoms with Crippen molar-refractivity contribution in [1.82, 2.24) is 9.80 Å². The Morgan fingerprint density at radius 1 is 1.35 bits per heavy atom. The maximum absolute atomic E-state index is 12.6. The summed E-state index contributed by atoms with van der Waals surface area (Å²) in [6, 6.07) is 7.34. The molecule has 0 unspecified atom stereocenters. The van der Waals surface area contributed by atoms with Crippen molar-refractivity contribution in [3.8, 4) is 0 Å². The van der Waals surface area contributed by atoms with Gasteiger partial charge >= 0.3 is 0 Å². The number of likely N-dealkylation sites (tertiary alicyclic amines) is 1. The second-order valence-electron chi connectivity index (χ2n) is 6.21. The molecule has 1 aliphatic heterocycles. The maximum atomic E-state index is 12.6. The van der Waals surface area contributed by atoms with Crippen LogP contribution in [0.1, 0.15) is 31.7 Å². The molecule has 0 radical (unpaired) electrons. The van der Waals surface area contributed by atoms with Crippen LogP contribution in [0, 0.1) is 0 Å². The average molecular weight is 339 g/mol. The number of carbonyl (C=O) groups excluding carboxylic acids is 2. The number of hydrogen-bond donors (Lipinski definition) is 1. The summed E-state index contributed by atoms with van der Waals surface area (Å²) in [5.74, 6) is -0.174. The highest BCUT2D eigenvalue weighted by Crippen LogP contribution is 2.33. The smallest absolute Gasteiger partial charge is 0.225 e. The third-order valence-corrected chi connectivity index (χ3v) is 4.76. The van der Waals surface area contributed by atoms with Gasteiger partial charge < -0.3 is 14.9 Å². The molecule has 2 rings (SSSR count). The molecule has 6 heteroatoms. The number of carbonyl (C=O) groups is 2. The number of hydrogen-bond acceptors (Lipinski definition) is 3. The fraction of sp³-hybridized carbons (Fsp3) is 0.529. The SMILES string of the molecule is CC(=O)N1CCC[C@]1(CO)CC(=O)N(C)Cc1ccc(Cl)cc1. The molecule has 1 aromatic rings. The summed E-state index contributed by atoms with van der Waals surface area (Å²) < 4.78 is 0. The second kappa shape index (κ2) is 7.32. The zero-order valence-corrected chi connectivity index (χ0v) is 14.3. The Morgan fingerprint density at radius 3 is 2.57 bits per heavy atom. The first-order valence-corrected chi connectivity index (χ1v) is 8.13. The van der Waals surface area contributed by atoms with Crippen LogP contribution in [0.25, 0.3) is 0 Å². The van der Waals surface area contributed by atoms with Gasteiger partial charge in [-0.3, -0.25) is 9.59 Å². The molecule has 126 valence electrons. The third kappa shape index (κ3) is 4.03. The number of aliphatic hydroxyl groups excluding tert-OH is 1. The van der Waals surface area contributed by atoms with Gasteiger partial charge in [-0.1, -0.05) is 23.7 Å². The zero-order chi connectivity index (χ0) is 17.0. The Balaban J connectivity index is 2.04. The average Bonchev–Trinajstić information content (AvgIpc) is 2.93. The Hall–Kier alpha value is -1.59. The number of amides is 2. The van der Waals surface area contributed by atoms with E-state index in [0.717, 1.165) is 12.0 Å². The van der Waals surface area contributed by atoms with Gasteiger partial charge in [0.05, 0.1) is 18.6 Å². The quantitative estimate of drug-likeness (QED) is 0.894. The highest BCUT2D eigenvalue weighted by Gasteiger charge is 2.44. The van der Waals surface area contributed by atoms with Crippen molar-refractivity contribution in [2.75, 3.05) is 20.2 Å². The fourth-order valence-corrected chi connectivity index (χ4v) is 3.33. The van der Waals surface area contributed by atoms with Crippen LogP contribution < -0.4 is 0 Å². The van der Waals surface area contributed by atoms with E-state index in [1.807, 2.05) is 12.1 Å². The summed E-state index contributed by atoms with van der Waals surface area (Å²) >= 11 is 5.86. The molecular formula is C17H23ClN2O3. The molecule has 0 aromatic heterocycles. The molecule has 1 aliphatic rings. The van der Waals surface area contributed by atoms with Crippen molar-refractivity contribution < 1.29 is 14.7 Å². The van der Waals surface area contributed by atoms with E-state index < -0.39 is 5.54 Å². The normalized spacial score (nSPS) is 20.6. The molecule has 1 atom stereocenters. The number of benzene rings is 1. The number of halogens is 1. The predicted molar refractivity (Wildman–Crippen MR) is 89.0 cm³/mol. The molecule has 1 fully saturated rings. The van der Waals surface area contributed by atoms with Gasteiger partial charge in [-0.25, -0.2) is 0 Å². The summed E-state index contributed by atoms with van der Waals surface area (Å²) in [7, 11) is 1.73. The molecule has 1 heterocycles. The molecule has 23 heavy (non-hydrogen) atoms. The molecule has 0 spiro atoms. The lowest BCUT2D eigenvalue weighted by Gasteiger charge is -2.37. The van der Waals surface area contributed by atoms with Gasteiger partial charge in [0.15, 0.2) is 0 Å². The maximum Gasteiger partial charge on any atom is 0.225 e.